The van der Waals surface area contributed by atoms with Crippen LogP contribution in [0.4, 0.5) is 0 Å². The van der Waals surface area contributed by atoms with Crippen molar-refractivity contribution in [2.45, 2.75) is 51.6 Å². The standard InChI is InChI=1S/C25H32O/c1-20-16-17-23(25(2,3)22-14-8-5-9-15-22)24(19-20)26-18-10-13-21-11-6-4-7-12-21/h4-15,20,23-24H,16-19H2,1-3H3/b13-10+. The summed E-state index contributed by atoms with van der Waals surface area (Å²) in [7, 11) is 0. The number of rotatable bonds is 6. The van der Waals surface area contributed by atoms with Crippen molar-refractivity contribution in [2.24, 2.45) is 11.8 Å². The Morgan fingerprint density at radius 1 is 0.962 bits per heavy atom. The highest BCUT2D eigenvalue weighted by Gasteiger charge is 2.40. The normalized spacial score (nSPS) is 24.0. The van der Waals surface area contributed by atoms with Crippen molar-refractivity contribution in [2.75, 3.05) is 6.61 Å². The molecule has 1 saturated carbocycles. The summed E-state index contributed by atoms with van der Waals surface area (Å²) in [6.45, 7) is 7.83. The molecule has 1 heteroatoms. The van der Waals surface area contributed by atoms with Crippen molar-refractivity contribution in [1.82, 2.24) is 0 Å². The highest BCUT2D eigenvalue weighted by molar-refractivity contribution is 5.48. The van der Waals surface area contributed by atoms with E-state index >= 15 is 0 Å². The van der Waals surface area contributed by atoms with Gasteiger partial charge in [0.1, 0.15) is 0 Å². The Hall–Kier alpha value is -1.86. The lowest BCUT2D eigenvalue weighted by molar-refractivity contribution is -0.0346. The molecule has 0 bridgehead atoms. The Morgan fingerprint density at radius 2 is 1.62 bits per heavy atom. The van der Waals surface area contributed by atoms with Crippen LogP contribution in [0.25, 0.3) is 6.08 Å². The number of benzene rings is 2. The summed E-state index contributed by atoms with van der Waals surface area (Å²) in [4.78, 5) is 0. The molecule has 1 aliphatic rings. The van der Waals surface area contributed by atoms with E-state index in [-0.39, 0.29) is 5.41 Å². The molecule has 138 valence electrons. The zero-order chi connectivity index (χ0) is 18.4. The molecule has 0 aromatic heterocycles. The van der Waals surface area contributed by atoms with E-state index in [1.807, 2.05) is 6.07 Å². The van der Waals surface area contributed by atoms with Crippen molar-refractivity contribution in [3.63, 3.8) is 0 Å². The molecule has 1 fully saturated rings. The van der Waals surface area contributed by atoms with Crippen molar-refractivity contribution in [1.29, 1.82) is 0 Å². The lowest BCUT2D eigenvalue weighted by atomic mass is 9.64. The van der Waals surface area contributed by atoms with E-state index in [2.05, 4.69) is 87.5 Å². The van der Waals surface area contributed by atoms with Crippen molar-refractivity contribution < 1.29 is 4.74 Å². The molecule has 0 heterocycles. The van der Waals surface area contributed by atoms with Gasteiger partial charge in [-0.25, -0.2) is 0 Å². The fourth-order valence-corrected chi connectivity index (χ4v) is 4.35. The molecule has 0 saturated heterocycles. The quantitative estimate of drug-likeness (QED) is 0.579. The molecule has 1 aliphatic carbocycles. The zero-order valence-electron chi connectivity index (χ0n) is 16.4. The molecule has 0 aliphatic heterocycles. The van der Waals surface area contributed by atoms with Crippen LogP contribution in [-0.2, 0) is 10.2 Å². The number of hydrogen-bond donors (Lipinski definition) is 0. The minimum atomic E-state index is 0.134. The topological polar surface area (TPSA) is 9.23 Å². The van der Waals surface area contributed by atoms with Crippen molar-refractivity contribution in [3.05, 3.63) is 77.9 Å². The first-order valence-electron chi connectivity index (χ1n) is 9.96. The van der Waals surface area contributed by atoms with Crippen LogP contribution in [0.3, 0.4) is 0 Å². The maximum atomic E-state index is 6.41. The number of hydrogen-bond acceptors (Lipinski definition) is 1. The zero-order valence-corrected chi connectivity index (χ0v) is 16.4. The summed E-state index contributed by atoms with van der Waals surface area (Å²) < 4.78 is 6.41. The van der Waals surface area contributed by atoms with Gasteiger partial charge >= 0.3 is 0 Å². The molecule has 2 aromatic rings. The van der Waals surface area contributed by atoms with E-state index in [1.165, 1.54) is 30.4 Å². The fourth-order valence-electron chi connectivity index (χ4n) is 4.35. The van der Waals surface area contributed by atoms with Gasteiger partial charge in [0.05, 0.1) is 12.7 Å². The van der Waals surface area contributed by atoms with E-state index in [1.54, 1.807) is 0 Å². The lowest BCUT2D eigenvalue weighted by Gasteiger charge is -2.44. The molecule has 26 heavy (non-hydrogen) atoms. The van der Waals surface area contributed by atoms with Crippen molar-refractivity contribution in [3.8, 4) is 0 Å². The van der Waals surface area contributed by atoms with E-state index < -0.39 is 0 Å². The van der Waals surface area contributed by atoms with Crippen LogP contribution in [-0.4, -0.2) is 12.7 Å². The maximum Gasteiger partial charge on any atom is 0.0654 e. The molecular weight excluding hydrogens is 316 g/mol. The molecule has 3 unspecified atom stereocenters. The summed E-state index contributed by atoms with van der Waals surface area (Å²) in [6, 6.07) is 21.4. The molecule has 0 spiro atoms. The summed E-state index contributed by atoms with van der Waals surface area (Å²) in [5.74, 6) is 1.31. The van der Waals surface area contributed by atoms with Crippen molar-refractivity contribution >= 4 is 6.08 Å². The molecule has 1 nitrogen and oxygen atoms in total. The first-order chi connectivity index (χ1) is 12.6. The minimum Gasteiger partial charge on any atom is -0.374 e. The van der Waals surface area contributed by atoms with Gasteiger partial charge in [0.2, 0.25) is 0 Å². The second-order valence-electron chi connectivity index (χ2n) is 8.30. The van der Waals surface area contributed by atoms with Crippen LogP contribution in [0.15, 0.2) is 66.7 Å². The molecule has 3 rings (SSSR count). The first kappa shape index (κ1) is 18.9. The maximum absolute atomic E-state index is 6.41. The number of ether oxygens (including phenoxy) is 1. The average Bonchev–Trinajstić information content (AvgIpc) is 2.67. The molecule has 0 N–H and O–H groups in total. The largest absolute Gasteiger partial charge is 0.374 e. The Balaban J connectivity index is 1.67. The highest BCUT2D eigenvalue weighted by Crippen LogP contribution is 2.43. The third-order valence-electron chi connectivity index (χ3n) is 6.02. The van der Waals surface area contributed by atoms with Gasteiger partial charge in [-0.3, -0.25) is 0 Å². The molecule has 0 radical (unpaired) electrons. The SMILES string of the molecule is CC1CCC(C(C)(C)c2ccccc2)C(OC/C=C/c2ccccc2)C1. The van der Waals surface area contributed by atoms with Crippen LogP contribution < -0.4 is 0 Å². The summed E-state index contributed by atoms with van der Waals surface area (Å²) in [6.07, 6.45) is 8.36. The highest BCUT2D eigenvalue weighted by atomic mass is 16.5. The molecular formula is C25H32O. The Labute approximate surface area is 159 Å². The summed E-state index contributed by atoms with van der Waals surface area (Å²) in [5, 5.41) is 0. The second kappa shape index (κ2) is 8.68. The molecule has 2 aromatic carbocycles. The van der Waals surface area contributed by atoms with Crippen LogP contribution in [0.2, 0.25) is 0 Å². The van der Waals surface area contributed by atoms with E-state index in [4.69, 9.17) is 4.74 Å². The van der Waals surface area contributed by atoms with E-state index in [9.17, 15) is 0 Å². The molecule has 3 atom stereocenters. The summed E-state index contributed by atoms with van der Waals surface area (Å²) in [5.41, 5.74) is 2.79. The van der Waals surface area contributed by atoms with Gasteiger partial charge in [0.15, 0.2) is 0 Å². The lowest BCUT2D eigenvalue weighted by Crippen LogP contribution is -2.42. The fraction of sp³-hybridized carbons (Fsp3) is 0.440. The van der Waals surface area contributed by atoms with Gasteiger partial charge in [-0.15, -0.1) is 0 Å². The third kappa shape index (κ3) is 4.65. The Bertz CT molecular complexity index is 687. The molecule has 0 amide bonds. The van der Waals surface area contributed by atoms with Crippen LogP contribution in [0.1, 0.15) is 51.2 Å². The average molecular weight is 349 g/mol. The summed E-state index contributed by atoms with van der Waals surface area (Å²) >= 11 is 0. The minimum absolute atomic E-state index is 0.134. The second-order valence-corrected chi connectivity index (χ2v) is 8.30. The third-order valence-corrected chi connectivity index (χ3v) is 6.02. The predicted molar refractivity (Wildman–Crippen MR) is 111 cm³/mol. The van der Waals surface area contributed by atoms with E-state index in [0.29, 0.717) is 18.6 Å². The van der Waals surface area contributed by atoms with Crippen LogP contribution in [0.5, 0.6) is 0 Å². The Kier molecular flexibility index (Phi) is 6.32. The van der Waals surface area contributed by atoms with E-state index in [0.717, 1.165) is 5.92 Å². The smallest absolute Gasteiger partial charge is 0.0654 e. The van der Waals surface area contributed by atoms with Gasteiger partial charge in [0, 0.05) is 0 Å². The van der Waals surface area contributed by atoms with Crippen LogP contribution in [0, 0.1) is 11.8 Å². The van der Waals surface area contributed by atoms with Gasteiger partial charge in [0.25, 0.3) is 0 Å². The van der Waals surface area contributed by atoms with Gasteiger partial charge in [-0.1, -0.05) is 100 Å². The van der Waals surface area contributed by atoms with Crippen LogP contribution >= 0.6 is 0 Å². The predicted octanol–water partition coefficient (Wildman–Crippen LogP) is 6.50. The monoisotopic (exact) mass is 348 g/mol. The van der Waals surface area contributed by atoms with Gasteiger partial charge in [-0.2, -0.15) is 0 Å². The van der Waals surface area contributed by atoms with Gasteiger partial charge in [-0.05, 0) is 41.2 Å². The first-order valence-corrected chi connectivity index (χ1v) is 9.96. The van der Waals surface area contributed by atoms with Gasteiger partial charge < -0.3 is 4.74 Å². The Morgan fingerprint density at radius 3 is 2.31 bits per heavy atom.